The van der Waals surface area contributed by atoms with E-state index in [1.54, 1.807) is 12.3 Å². The van der Waals surface area contributed by atoms with Crippen LogP contribution in [0.2, 0.25) is 0 Å². The molecule has 8 nitrogen and oxygen atoms in total. The van der Waals surface area contributed by atoms with E-state index < -0.39 is 36.4 Å². The molecule has 1 aromatic rings. The number of aliphatic carboxylic acids is 2. The van der Waals surface area contributed by atoms with Crippen LogP contribution in [0.3, 0.4) is 0 Å². The third-order valence-corrected chi connectivity index (χ3v) is 2.29. The molecule has 1 rings (SSSR count). The molecule has 1 heterocycles. The second kappa shape index (κ2) is 5.80. The van der Waals surface area contributed by atoms with E-state index in [2.05, 4.69) is 10.4 Å². The highest BCUT2D eigenvalue weighted by atomic mass is 16.4. The van der Waals surface area contributed by atoms with Crippen LogP contribution in [0.5, 0.6) is 0 Å². The first-order chi connectivity index (χ1) is 8.41. The van der Waals surface area contributed by atoms with Crippen molar-refractivity contribution in [1.29, 1.82) is 0 Å². The molecule has 98 valence electrons. The molecule has 0 aromatic carbocycles. The normalized spacial score (nSPS) is 13.6. The third-order valence-electron chi connectivity index (χ3n) is 2.29. The van der Waals surface area contributed by atoms with Crippen molar-refractivity contribution in [3.8, 4) is 0 Å². The average Bonchev–Trinajstić information content (AvgIpc) is 2.79. The Bertz CT molecular complexity index is 442. The summed E-state index contributed by atoms with van der Waals surface area (Å²) in [5.41, 5.74) is 0. The highest BCUT2D eigenvalue weighted by Crippen LogP contribution is 2.04. The zero-order chi connectivity index (χ0) is 13.7. The summed E-state index contributed by atoms with van der Waals surface area (Å²) >= 11 is 0. The quantitative estimate of drug-likeness (QED) is 0.629. The minimum atomic E-state index is -1.45. The van der Waals surface area contributed by atoms with Gasteiger partial charge in [0.05, 0.1) is 6.42 Å². The number of carbonyl (C=O) groups is 3. The minimum absolute atomic E-state index is 0.604. The Hall–Kier alpha value is -2.38. The van der Waals surface area contributed by atoms with Crippen molar-refractivity contribution in [3.63, 3.8) is 0 Å². The van der Waals surface area contributed by atoms with Gasteiger partial charge in [0, 0.05) is 12.4 Å². The van der Waals surface area contributed by atoms with Gasteiger partial charge in [-0.25, -0.2) is 4.79 Å². The fourth-order valence-corrected chi connectivity index (χ4v) is 1.30. The number of hydrogen-bond donors (Lipinski definition) is 3. The number of amides is 1. The van der Waals surface area contributed by atoms with Gasteiger partial charge in [0.1, 0.15) is 12.1 Å². The molecule has 1 aromatic heterocycles. The molecule has 0 bridgehead atoms. The van der Waals surface area contributed by atoms with Crippen LogP contribution in [0.4, 0.5) is 0 Å². The average molecular weight is 255 g/mol. The van der Waals surface area contributed by atoms with E-state index in [0.717, 1.165) is 0 Å². The smallest absolute Gasteiger partial charge is 0.326 e. The summed E-state index contributed by atoms with van der Waals surface area (Å²) in [6.45, 7) is 1.53. The number of carboxylic acids is 2. The van der Waals surface area contributed by atoms with Crippen LogP contribution in [0.1, 0.15) is 19.4 Å². The van der Waals surface area contributed by atoms with Gasteiger partial charge in [-0.3, -0.25) is 14.3 Å². The Kier molecular flexibility index (Phi) is 4.41. The van der Waals surface area contributed by atoms with Crippen LogP contribution in [-0.2, 0) is 14.4 Å². The Balaban J connectivity index is 2.66. The maximum Gasteiger partial charge on any atom is 0.326 e. The molecule has 2 atom stereocenters. The first-order valence-corrected chi connectivity index (χ1v) is 5.16. The molecule has 2 unspecified atom stereocenters. The number of aromatic nitrogens is 2. The van der Waals surface area contributed by atoms with E-state index in [4.69, 9.17) is 10.2 Å². The van der Waals surface area contributed by atoms with Gasteiger partial charge in [-0.15, -0.1) is 0 Å². The zero-order valence-corrected chi connectivity index (χ0v) is 9.61. The van der Waals surface area contributed by atoms with E-state index in [0.29, 0.717) is 0 Å². The van der Waals surface area contributed by atoms with Gasteiger partial charge in [0.2, 0.25) is 5.91 Å². The van der Waals surface area contributed by atoms with Crippen molar-refractivity contribution in [2.75, 3.05) is 0 Å². The van der Waals surface area contributed by atoms with Crippen molar-refractivity contribution in [3.05, 3.63) is 18.5 Å². The topological polar surface area (TPSA) is 122 Å². The van der Waals surface area contributed by atoms with Gasteiger partial charge in [-0.2, -0.15) is 5.10 Å². The molecule has 0 aliphatic rings. The fraction of sp³-hybridized carbons (Fsp3) is 0.400. The maximum absolute atomic E-state index is 11.7. The molecule has 8 heteroatoms. The molecule has 0 aliphatic carbocycles. The molecule has 0 saturated carbocycles. The second-order valence-electron chi connectivity index (χ2n) is 3.66. The molecule has 1 amide bonds. The number of rotatable bonds is 6. The van der Waals surface area contributed by atoms with E-state index in [-0.39, 0.29) is 0 Å². The number of carboxylic acid groups (broad SMARTS) is 2. The molecule has 18 heavy (non-hydrogen) atoms. The number of nitrogens with zero attached hydrogens (tertiary/aromatic N) is 2. The van der Waals surface area contributed by atoms with Gasteiger partial charge < -0.3 is 15.5 Å². The molecule has 3 N–H and O–H groups in total. The lowest BCUT2D eigenvalue weighted by atomic mass is 10.2. The highest BCUT2D eigenvalue weighted by Gasteiger charge is 2.25. The fourth-order valence-electron chi connectivity index (χ4n) is 1.30. The molecular formula is C10H13N3O5. The monoisotopic (exact) mass is 255 g/mol. The van der Waals surface area contributed by atoms with E-state index in [1.807, 2.05) is 0 Å². The lowest BCUT2D eigenvalue weighted by Crippen LogP contribution is -2.44. The number of carbonyl (C=O) groups excluding carboxylic acids is 1. The minimum Gasteiger partial charge on any atom is -0.481 e. The van der Waals surface area contributed by atoms with Crippen molar-refractivity contribution in [1.82, 2.24) is 15.1 Å². The van der Waals surface area contributed by atoms with E-state index in [1.165, 1.54) is 17.8 Å². The van der Waals surface area contributed by atoms with Crippen LogP contribution < -0.4 is 5.32 Å². The standard InChI is InChI=1S/C10H13N3O5/c1-6(13-4-2-3-11-13)9(16)12-7(10(17)18)5-8(14)15/h2-4,6-7H,5H2,1H3,(H,12,16)(H,14,15)(H,17,18). The zero-order valence-electron chi connectivity index (χ0n) is 9.61. The van der Waals surface area contributed by atoms with Crippen LogP contribution >= 0.6 is 0 Å². The summed E-state index contributed by atoms with van der Waals surface area (Å²) in [5.74, 6) is -3.29. The first kappa shape index (κ1) is 13.7. The van der Waals surface area contributed by atoms with Gasteiger partial charge in [0.15, 0.2) is 0 Å². The van der Waals surface area contributed by atoms with Crippen LogP contribution in [0.25, 0.3) is 0 Å². The first-order valence-electron chi connectivity index (χ1n) is 5.16. The molecule has 0 radical (unpaired) electrons. The van der Waals surface area contributed by atoms with E-state index >= 15 is 0 Å². The molecule has 0 aliphatic heterocycles. The van der Waals surface area contributed by atoms with Gasteiger partial charge in [0.25, 0.3) is 0 Å². The number of hydrogen-bond acceptors (Lipinski definition) is 4. The molecule has 0 saturated heterocycles. The summed E-state index contributed by atoms with van der Waals surface area (Å²) in [7, 11) is 0. The molecular weight excluding hydrogens is 242 g/mol. The molecule has 0 fully saturated rings. The summed E-state index contributed by atoms with van der Waals surface area (Å²) in [6.07, 6.45) is 2.36. The number of nitrogens with one attached hydrogen (secondary N) is 1. The largest absolute Gasteiger partial charge is 0.481 e. The van der Waals surface area contributed by atoms with Crippen molar-refractivity contribution in [2.24, 2.45) is 0 Å². The second-order valence-corrected chi connectivity index (χ2v) is 3.66. The Morgan fingerprint density at radius 1 is 1.39 bits per heavy atom. The van der Waals surface area contributed by atoms with Crippen LogP contribution in [0, 0.1) is 0 Å². The summed E-state index contributed by atoms with van der Waals surface area (Å²) in [4.78, 5) is 33.0. The Morgan fingerprint density at radius 3 is 2.50 bits per heavy atom. The highest BCUT2D eigenvalue weighted by molar-refractivity contribution is 5.88. The third kappa shape index (κ3) is 3.58. The summed E-state index contributed by atoms with van der Waals surface area (Å²) in [5, 5.41) is 23.3. The van der Waals surface area contributed by atoms with Crippen molar-refractivity contribution >= 4 is 17.8 Å². The summed E-state index contributed by atoms with van der Waals surface area (Å²) < 4.78 is 1.34. The lowest BCUT2D eigenvalue weighted by molar-refractivity contribution is -0.147. The van der Waals surface area contributed by atoms with Crippen molar-refractivity contribution in [2.45, 2.75) is 25.4 Å². The Labute approximate surface area is 102 Å². The van der Waals surface area contributed by atoms with Crippen LogP contribution in [0.15, 0.2) is 18.5 Å². The predicted molar refractivity (Wildman–Crippen MR) is 58.8 cm³/mol. The van der Waals surface area contributed by atoms with Gasteiger partial charge in [-0.05, 0) is 13.0 Å². The predicted octanol–water partition coefficient (Wildman–Crippen LogP) is -0.512. The Morgan fingerprint density at radius 2 is 2.06 bits per heavy atom. The van der Waals surface area contributed by atoms with Gasteiger partial charge >= 0.3 is 11.9 Å². The van der Waals surface area contributed by atoms with Gasteiger partial charge in [-0.1, -0.05) is 0 Å². The maximum atomic E-state index is 11.7. The van der Waals surface area contributed by atoms with Crippen molar-refractivity contribution < 1.29 is 24.6 Å². The SMILES string of the molecule is CC(C(=O)NC(CC(=O)O)C(=O)O)n1cccn1. The van der Waals surface area contributed by atoms with Crippen LogP contribution in [-0.4, -0.2) is 43.9 Å². The van der Waals surface area contributed by atoms with E-state index in [9.17, 15) is 14.4 Å². The lowest BCUT2D eigenvalue weighted by Gasteiger charge is -2.16. The molecule has 0 spiro atoms. The summed E-state index contributed by atoms with van der Waals surface area (Å²) in [6, 6.07) is -0.543.